The average molecular weight is 221 g/mol. The van der Waals surface area contributed by atoms with Crippen molar-refractivity contribution in [1.82, 2.24) is 0 Å². The monoisotopic (exact) mass is 221 g/mol. The Morgan fingerprint density at radius 1 is 1.07 bits per heavy atom. The number of aliphatic hydroxyl groups is 1. The van der Waals surface area contributed by atoms with E-state index in [4.69, 9.17) is 25.1 Å². The zero-order valence-electron chi connectivity index (χ0n) is 9.48. The molecule has 0 bridgehead atoms. The van der Waals surface area contributed by atoms with Crippen molar-refractivity contribution in [2.45, 2.75) is 18.9 Å². The largest absolute Gasteiger partial charge is 0.392 e. The maximum Gasteiger partial charge on any atom is 0.0700 e. The van der Waals surface area contributed by atoms with Crippen LogP contribution in [0.5, 0.6) is 0 Å². The Kier molecular flexibility index (Phi) is 11.7. The van der Waals surface area contributed by atoms with Gasteiger partial charge in [0.15, 0.2) is 0 Å². The number of aliphatic hydroxyl groups excluding tert-OH is 1. The summed E-state index contributed by atoms with van der Waals surface area (Å²) in [5, 5.41) is 9.11. The van der Waals surface area contributed by atoms with Gasteiger partial charge < -0.3 is 25.1 Å². The zero-order chi connectivity index (χ0) is 11.4. The van der Waals surface area contributed by atoms with Gasteiger partial charge >= 0.3 is 0 Å². The van der Waals surface area contributed by atoms with Gasteiger partial charge in [-0.05, 0) is 12.8 Å². The summed E-state index contributed by atoms with van der Waals surface area (Å²) in [6, 6.07) is 0. The van der Waals surface area contributed by atoms with Gasteiger partial charge in [0.2, 0.25) is 0 Å². The fraction of sp³-hybridized carbons (Fsp3) is 1.00. The molecule has 5 heteroatoms. The standard InChI is InChI=1S/C10H23NO4/c1-13-4-2-5-14-7-8-15-6-3-10(12)9-11/h10,12H,2-9,11H2,1H3. The predicted molar refractivity (Wildman–Crippen MR) is 57.8 cm³/mol. The Morgan fingerprint density at radius 2 is 1.73 bits per heavy atom. The van der Waals surface area contributed by atoms with Crippen molar-refractivity contribution in [1.29, 1.82) is 0 Å². The van der Waals surface area contributed by atoms with Gasteiger partial charge in [0.1, 0.15) is 0 Å². The van der Waals surface area contributed by atoms with Crippen molar-refractivity contribution in [3.05, 3.63) is 0 Å². The van der Waals surface area contributed by atoms with Crippen LogP contribution in [0.4, 0.5) is 0 Å². The van der Waals surface area contributed by atoms with Crippen LogP contribution in [0.2, 0.25) is 0 Å². The van der Waals surface area contributed by atoms with Crippen LogP contribution in [0.15, 0.2) is 0 Å². The van der Waals surface area contributed by atoms with E-state index in [0.29, 0.717) is 32.8 Å². The first-order valence-corrected chi connectivity index (χ1v) is 5.33. The van der Waals surface area contributed by atoms with Gasteiger partial charge in [-0.3, -0.25) is 0 Å². The highest BCUT2D eigenvalue weighted by molar-refractivity contribution is 4.53. The van der Waals surface area contributed by atoms with E-state index < -0.39 is 6.10 Å². The lowest BCUT2D eigenvalue weighted by atomic mass is 10.3. The predicted octanol–water partition coefficient (Wildman–Crippen LogP) is -0.234. The van der Waals surface area contributed by atoms with E-state index in [1.165, 1.54) is 0 Å². The molecule has 1 unspecified atom stereocenters. The van der Waals surface area contributed by atoms with Gasteiger partial charge in [0.25, 0.3) is 0 Å². The molecule has 1 atom stereocenters. The van der Waals surface area contributed by atoms with E-state index in [1.807, 2.05) is 0 Å². The van der Waals surface area contributed by atoms with E-state index in [9.17, 15) is 0 Å². The van der Waals surface area contributed by atoms with Crippen LogP contribution in [0.25, 0.3) is 0 Å². The van der Waals surface area contributed by atoms with Crippen molar-refractivity contribution in [3.8, 4) is 0 Å². The lowest BCUT2D eigenvalue weighted by Gasteiger charge is -2.08. The van der Waals surface area contributed by atoms with Gasteiger partial charge in [-0.15, -0.1) is 0 Å². The SMILES string of the molecule is COCCCOCCOCCC(O)CN. The summed E-state index contributed by atoms with van der Waals surface area (Å²) in [7, 11) is 1.67. The molecule has 0 spiro atoms. The third-order valence-electron chi connectivity index (χ3n) is 1.88. The zero-order valence-corrected chi connectivity index (χ0v) is 9.48. The highest BCUT2D eigenvalue weighted by Gasteiger charge is 1.99. The molecule has 0 amide bonds. The van der Waals surface area contributed by atoms with E-state index >= 15 is 0 Å². The van der Waals surface area contributed by atoms with Crippen LogP contribution >= 0.6 is 0 Å². The third kappa shape index (κ3) is 11.7. The topological polar surface area (TPSA) is 73.9 Å². The average Bonchev–Trinajstić information content (AvgIpc) is 2.26. The second-order valence-corrected chi connectivity index (χ2v) is 3.25. The number of hydrogen-bond donors (Lipinski definition) is 2. The molecule has 0 rings (SSSR count). The van der Waals surface area contributed by atoms with Crippen LogP contribution in [0, 0.1) is 0 Å². The van der Waals surface area contributed by atoms with Crippen molar-refractivity contribution >= 4 is 0 Å². The van der Waals surface area contributed by atoms with E-state index in [0.717, 1.165) is 13.0 Å². The first kappa shape index (κ1) is 14.8. The van der Waals surface area contributed by atoms with Crippen molar-refractivity contribution in [2.24, 2.45) is 5.73 Å². The number of hydrogen-bond acceptors (Lipinski definition) is 5. The molecule has 0 aliphatic rings. The summed E-state index contributed by atoms with van der Waals surface area (Å²) < 4.78 is 15.4. The molecule has 0 aromatic carbocycles. The quantitative estimate of drug-likeness (QED) is 0.471. The highest BCUT2D eigenvalue weighted by atomic mass is 16.5. The molecule has 15 heavy (non-hydrogen) atoms. The number of ether oxygens (including phenoxy) is 3. The summed E-state index contributed by atoms with van der Waals surface area (Å²) in [5.41, 5.74) is 5.24. The van der Waals surface area contributed by atoms with Crippen LogP contribution < -0.4 is 5.73 Å². The summed E-state index contributed by atoms with van der Waals surface area (Å²) in [6.07, 6.45) is 1.04. The van der Waals surface area contributed by atoms with E-state index in [1.54, 1.807) is 7.11 Å². The molecular weight excluding hydrogens is 198 g/mol. The number of nitrogens with two attached hydrogens (primary N) is 1. The van der Waals surface area contributed by atoms with Crippen molar-refractivity contribution in [3.63, 3.8) is 0 Å². The molecule has 0 fully saturated rings. The Labute approximate surface area is 91.5 Å². The van der Waals surface area contributed by atoms with Crippen LogP contribution in [-0.4, -0.2) is 57.9 Å². The Balaban J connectivity index is 2.92. The first-order valence-electron chi connectivity index (χ1n) is 5.33. The normalized spacial score (nSPS) is 13.0. The minimum atomic E-state index is -0.451. The molecule has 92 valence electrons. The Morgan fingerprint density at radius 3 is 2.33 bits per heavy atom. The molecule has 0 aliphatic carbocycles. The van der Waals surface area contributed by atoms with Crippen molar-refractivity contribution in [2.75, 3.05) is 46.7 Å². The highest BCUT2D eigenvalue weighted by Crippen LogP contribution is 1.90. The van der Waals surface area contributed by atoms with Gasteiger partial charge in [0.05, 0.1) is 19.3 Å². The Bertz CT molecular complexity index is 124. The number of rotatable bonds is 11. The molecule has 3 N–H and O–H groups in total. The maximum atomic E-state index is 9.11. The van der Waals surface area contributed by atoms with Gasteiger partial charge in [0, 0.05) is 33.5 Å². The summed E-state index contributed by atoms with van der Waals surface area (Å²) in [5.74, 6) is 0. The Hall–Kier alpha value is -0.200. The molecule has 0 radical (unpaired) electrons. The fourth-order valence-electron chi connectivity index (χ4n) is 0.965. The summed E-state index contributed by atoms with van der Waals surface area (Å²) >= 11 is 0. The van der Waals surface area contributed by atoms with Gasteiger partial charge in [-0.1, -0.05) is 0 Å². The lowest BCUT2D eigenvalue weighted by molar-refractivity contribution is 0.0281. The molecule has 5 nitrogen and oxygen atoms in total. The molecule has 0 aromatic rings. The van der Waals surface area contributed by atoms with Gasteiger partial charge in [-0.2, -0.15) is 0 Å². The van der Waals surface area contributed by atoms with E-state index in [-0.39, 0.29) is 6.54 Å². The minimum absolute atomic E-state index is 0.289. The number of methoxy groups -OCH3 is 1. The maximum absolute atomic E-state index is 9.11. The van der Waals surface area contributed by atoms with Gasteiger partial charge in [-0.25, -0.2) is 0 Å². The lowest BCUT2D eigenvalue weighted by Crippen LogP contribution is -2.21. The molecular formula is C10H23NO4. The molecule has 0 saturated heterocycles. The molecule has 0 aliphatic heterocycles. The first-order chi connectivity index (χ1) is 7.31. The molecule has 0 heterocycles. The van der Waals surface area contributed by atoms with E-state index in [2.05, 4.69) is 0 Å². The molecule has 0 aromatic heterocycles. The minimum Gasteiger partial charge on any atom is -0.392 e. The summed E-state index contributed by atoms with van der Waals surface area (Å²) in [4.78, 5) is 0. The third-order valence-corrected chi connectivity index (χ3v) is 1.88. The second-order valence-electron chi connectivity index (χ2n) is 3.25. The molecule has 0 saturated carbocycles. The smallest absolute Gasteiger partial charge is 0.0700 e. The second kappa shape index (κ2) is 11.9. The van der Waals surface area contributed by atoms with Crippen LogP contribution in [0.1, 0.15) is 12.8 Å². The summed E-state index contributed by atoms with van der Waals surface area (Å²) in [6.45, 7) is 3.38. The van der Waals surface area contributed by atoms with Crippen molar-refractivity contribution < 1.29 is 19.3 Å². The van der Waals surface area contributed by atoms with Crippen LogP contribution in [0.3, 0.4) is 0 Å². The van der Waals surface area contributed by atoms with Crippen LogP contribution in [-0.2, 0) is 14.2 Å². The fourth-order valence-corrected chi connectivity index (χ4v) is 0.965.